The fourth-order valence-electron chi connectivity index (χ4n) is 3.32. The van der Waals surface area contributed by atoms with Crippen LogP contribution in [0.3, 0.4) is 0 Å². The van der Waals surface area contributed by atoms with Crippen molar-refractivity contribution in [2.24, 2.45) is 4.99 Å². The summed E-state index contributed by atoms with van der Waals surface area (Å²) in [6.07, 6.45) is 2.25. The second-order valence-corrected chi connectivity index (χ2v) is 7.49. The highest BCUT2D eigenvalue weighted by Crippen LogP contribution is 2.41. The normalized spacial score (nSPS) is 18.2. The second kappa shape index (κ2) is 7.22. The highest BCUT2D eigenvalue weighted by Gasteiger charge is 2.31. The third-order valence-electron chi connectivity index (χ3n) is 4.57. The van der Waals surface area contributed by atoms with Crippen molar-refractivity contribution in [1.29, 1.82) is 0 Å². The van der Waals surface area contributed by atoms with Gasteiger partial charge in [-0.15, -0.1) is 0 Å². The average Bonchev–Trinajstić information content (AvgIpc) is 2.86. The Bertz CT molecular complexity index is 769. The zero-order chi connectivity index (χ0) is 17.2. The molecule has 1 atom stereocenters. The number of halogens is 2. The molecule has 0 N–H and O–H groups in total. The van der Waals surface area contributed by atoms with Gasteiger partial charge in [0.15, 0.2) is 5.17 Å². The van der Waals surface area contributed by atoms with Gasteiger partial charge >= 0.3 is 0 Å². The third-order valence-corrected chi connectivity index (χ3v) is 5.74. The topological polar surface area (TPSA) is 15.6 Å². The molecule has 0 aromatic heterocycles. The molecule has 1 unspecified atom stereocenters. The minimum absolute atomic E-state index is 0.0381. The number of nitrogens with zero attached hydrogens (tertiary/aromatic N) is 2. The maximum absolute atomic E-state index is 13.4. The summed E-state index contributed by atoms with van der Waals surface area (Å²) < 4.78 is 13.4. The highest BCUT2D eigenvalue weighted by atomic mass is 35.5. The monoisotopic (exact) mass is 372 g/mol. The Labute approximate surface area is 156 Å². The number of allylic oxidation sites excluding steroid dienone is 1. The van der Waals surface area contributed by atoms with Gasteiger partial charge in [-0.25, -0.2) is 4.39 Å². The molecule has 128 valence electrons. The van der Waals surface area contributed by atoms with Gasteiger partial charge in [0.1, 0.15) is 5.82 Å². The molecule has 0 radical (unpaired) electrons. The highest BCUT2D eigenvalue weighted by molar-refractivity contribution is 8.16. The van der Waals surface area contributed by atoms with Crippen LogP contribution in [0.2, 0.25) is 5.02 Å². The van der Waals surface area contributed by atoms with E-state index < -0.39 is 0 Å². The maximum Gasteiger partial charge on any atom is 0.167 e. The lowest BCUT2D eigenvalue weighted by Crippen LogP contribution is -2.28. The van der Waals surface area contributed by atoms with E-state index in [0.29, 0.717) is 5.02 Å². The van der Waals surface area contributed by atoms with Gasteiger partial charge in [-0.3, -0.25) is 4.99 Å². The van der Waals surface area contributed by atoms with E-state index in [1.807, 2.05) is 24.3 Å². The van der Waals surface area contributed by atoms with Gasteiger partial charge in [0.25, 0.3) is 0 Å². The summed E-state index contributed by atoms with van der Waals surface area (Å²) >= 11 is 7.76. The molecule has 0 bridgehead atoms. The van der Waals surface area contributed by atoms with E-state index in [1.165, 1.54) is 17.8 Å². The third kappa shape index (κ3) is 3.46. The minimum Gasteiger partial charge on any atom is -0.323 e. The first kappa shape index (κ1) is 16.7. The lowest BCUT2D eigenvalue weighted by molar-refractivity contribution is 0.488. The van der Waals surface area contributed by atoms with Crippen molar-refractivity contribution in [2.75, 3.05) is 13.1 Å². The van der Waals surface area contributed by atoms with E-state index >= 15 is 0 Å². The summed E-state index contributed by atoms with van der Waals surface area (Å²) in [7, 11) is 0. The van der Waals surface area contributed by atoms with Crippen LogP contribution >= 0.6 is 23.4 Å². The van der Waals surface area contributed by atoms with Gasteiger partial charge in [0.05, 0.1) is 0 Å². The first-order chi connectivity index (χ1) is 12.2. The molecule has 0 fully saturated rings. The summed E-state index contributed by atoms with van der Waals surface area (Å²) in [6, 6.07) is 14.7. The van der Waals surface area contributed by atoms with Crippen molar-refractivity contribution in [2.45, 2.75) is 18.8 Å². The molecular formula is C20H18ClFN2S. The summed E-state index contributed by atoms with van der Waals surface area (Å²) in [4.78, 5) is 7.03. The molecule has 2 nitrogen and oxygen atoms in total. The number of benzene rings is 2. The molecule has 0 saturated heterocycles. The van der Waals surface area contributed by atoms with Gasteiger partial charge < -0.3 is 4.90 Å². The van der Waals surface area contributed by atoms with Crippen LogP contribution in [-0.2, 0) is 0 Å². The predicted octanol–water partition coefficient (Wildman–Crippen LogP) is 5.65. The molecule has 2 aliphatic rings. The molecular weight excluding hydrogens is 355 g/mol. The predicted molar refractivity (Wildman–Crippen MR) is 104 cm³/mol. The molecule has 0 amide bonds. The summed E-state index contributed by atoms with van der Waals surface area (Å²) in [6.45, 7) is 1.87. The van der Waals surface area contributed by atoms with Crippen LogP contribution in [0.25, 0.3) is 0 Å². The molecule has 0 aliphatic carbocycles. The average molecular weight is 373 g/mol. The Hall–Kier alpha value is -1.78. The van der Waals surface area contributed by atoms with Gasteiger partial charge in [0.2, 0.25) is 0 Å². The number of hydrogen-bond acceptors (Lipinski definition) is 3. The molecule has 25 heavy (non-hydrogen) atoms. The number of thioether (sulfide) groups is 1. The van der Waals surface area contributed by atoms with Crippen molar-refractivity contribution in [3.8, 4) is 0 Å². The molecule has 2 aromatic carbocycles. The van der Waals surface area contributed by atoms with E-state index in [2.05, 4.69) is 22.4 Å². The Morgan fingerprint density at radius 1 is 1.00 bits per heavy atom. The fourth-order valence-corrected chi connectivity index (χ4v) is 4.43. The van der Waals surface area contributed by atoms with Crippen molar-refractivity contribution < 1.29 is 4.39 Å². The van der Waals surface area contributed by atoms with E-state index in [0.717, 1.165) is 42.2 Å². The Morgan fingerprint density at radius 3 is 2.40 bits per heavy atom. The molecule has 2 aliphatic heterocycles. The van der Waals surface area contributed by atoms with E-state index in [4.69, 9.17) is 16.6 Å². The number of amidine groups is 1. The summed E-state index contributed by atoms with van der Waals surface area (Å²) in [5.74, 6) is -0.179. The van der Waals surface area contributed by atoms with E-state index in [9.17, 15) is 4.39 Å². The Balaban J connectivity index is 1.77. The molecule has 4 rings (SSSR count). The lowest BCUT2D eigenvalue weighted by atomic mass is 9.88. The molecule has 0 saturated carbocycles. The Kier molecular flexibility index (Phi) is 4.82. The molecule has 2 heterocycles. The molecule has 0 spiro atoms. The second-order valence-electron chi connectivity index (χ2n) is 6.22. The zero-order valence-electron chi connectivity index (χ0n) is 13.7. The smallest absolute Gasteiger partial charge is 0.167 e. The van der Waals surface area contributed by atoms with Gasteiger partial charge in [-0.1, -0.05) is 47.6 Å². The lowest BCUT2D eigenvalue weighted by Gasteiger charge is -2.28. The first-order valence-electron chi connectivity index (χ1n) is 8.42. The fraction of sp³-hybridized carbons (Fsp3) is 0.250. The van der Waals surface area contributed by atoms with Crippen LogP contribution in [0, 0.1) is 5.82 Å². The van der Waals surface area contributed by atoms with Crippen LogP contribution in [0.1, 0.15) is 29.9 Å². The van der Waals surface area contributed by atoms with Crippen LogP contribution < -0.4 is 0 Å². The van der Waals surface area contributed by atoms with Gasteiger partial charge in [-0.05, 0) is 53.6 Å². The van der Waals surface area contributed by atoms with Crippen LogP contribution in [0.5, 0.6) is 0 Å². The minimum atomic E-state index is -0.217. The van der Waals surface area contributed by atoms with Crippen molar-refractivity contribution >= 4 is 28.5 Å². The van der Waals surface area contributed by atoms with Crippen molar-refractivity contribution in [3.05, 3.63) is 81.6 Å². The molecule has 2 aromatic rings. The van der Waals surface area contributed by atoms with Crippen molar-refractivity contribution in [1.82, 2.24) is 4.90 Å². The van der Waals surface area contributed by atoms with Crippen LogP contribution in [0.4, 0.5) is 4.39 Å². The summed E-state index contributed by atoms with van der Waals surface area (Å²) in [5, 5.41) is 3.98. The number of hydrogen-bond donors (Lipinski definition) is 0. The van der Waals surface area contributed by atoms with Crippen molar-refractivity contribution in [3.63, 3.8) is 0 Å². The number of fused-ring (bicyclic) bond motifs is 1. The quantitative estimate of drug-likeness (QED) is 0.691. The van der Waals surface area contributed by atoms with E-state index in [-0.39, 0.29) is 11.7 Å². The SMILES string of the molecule is Fc1ccc(C(C2=CSC3=NCCCCN23)c2ccc(Cl)cc2)cc1. The summed E-state index contributed by atoms with van der Waals surface area (Å²) in [5.41, 5.74) is 3.43. The molecule has 5 heteroatoms. The maximum atomic E-state index is 13.4. The Morgan fingerprint density at radius 2 is 1.68 bits per heavy atom. The number of aliphatic imine (C=N–C) groups is 1. The van der Waals surface area contributed by atoms with Gasteiger partial charge in [0, 0.05) is 29.7 Å². The largest absolute Gasteiger partial charge is 0.323 e. The number of rotatable bonds is 3. The van der Waals surface area contributed by atoms with Crippen LogP contribution in [0.15, 0.2) is 64.6 Å². The zero-order valence-corrected chi connectivity index (χ0v) is 15.2. The van der Waals surface area contributed by atoms with Gasteiger partial charge in [-0.2, -0.15) is 0 Å². The van der Waals surface area contributed by atoms with Crippen LogP contribution in [-0.4, -0.2) is 23.2 Å². The standard InChI is InChI=1S/C20H18ClFN2S/c21-16-7-3-14(4-8-16)19(15-5-9-17(22)10-6-15)18-13-25-20-23-11-1-2-12-24(18)20/h3-10,13,19H,1-2,11-12H2. The van der Waals surface area contributed by atoms with E-state index in [1.54, 1.807) is 11.8 Å². The first-order valence-corrected chi connectivity index (χ1v) is 9.68.